The second kappa shape index (κ2) is 7.94. The minimum atomic E-state index is -4.38. The van der Waals surface area contributed by atoms with E-state index in [0.29, 0.717) is 17.3 Å². The van der Waals surface area contributed by atoms with Gasteiger partial charge in [-0.25, -0.2) is 9.97 Å². The third-order valence-electron chi connectivity index (χ3n) is 4.32. The van der Waals surface area contributed by atoms with Crippen molar-refractivity contribution in [3.8, 4) is 22.8 Å². The molecule has 0 spiro atoms. The maximum atomic E-state index is 12.7. The zero-order chi connectivity index (χ0) is 21.1. The molecule has 0 atom stereocenters. The van der Waals surface area contributed by atoms with Gasteiger partial charge in [-0.1, -0.05) is 17.3 Å². The Bertz CT molecular complexity index is 1140. The number of halogens is 3. The summed E-state index contributed by atoms with van der Waals surface area (Å²) in [5.74, 6) is 1.20. The molecule has 152 valence electrons. The molecule has 2 aromatic heterocycles. The number of alkyl halides is 3. The molecule has 0 amide bonds. The van der Waals surface area contributed by atoms with E-state index in [1.54, 1.807) is 6.20 Å². The van der Waals surface area contributed by atoms with Crippen LogP contribution in [0.4, 0.5) is 18.9 Å². The number of anilines is 1. The summed E-state index contributed by atoms with van der Waals surface area (Å²) in [5, 5.41) is 6.99. The number of hydrogen-bond acceptors (Lipinski definition) is 6. The van der Waals surface area contributed by atoms with Gasteiger partial charge in [0.1, 0.15) is 0 Å². The molecule has 2 heterocycles. The molecule has 0 radical (unpaired) electrons. The molecule has 4 aromatic rings. The minimum absolute atomic E-state index is 0.229. The van der Waals surface area contributed by atoms with Gasteiger partial charge in [0, 0.05) is 28.7 Å². The first-order valence-electron chi connectivity index (χ1n) is 9.03. The van der Waals surface area contributed by atoms with Gasteiger partial charge in [-0.2, -0.15) is 18.2 Å². The summed E-state index contributed by atoms with van der Waals surface area (Å²) < 4.78 is 43.2. The molecule has 30 heavy (non-hydrogen) atoms. The van der Waals surface area contributed by atoms with Gasteiger partial charge in [-0.15, -0.1) is 0 Å². The predicted octanol–water partition coefficient (Wildman–Crippen LogP) is 5.13. The molecule has 0 saturated heterocycles. The summed E-state index contributed by atoms with van der Waals surface area (Å²) in [6.45, 7) is 2.18. The van der Waals surface area contributed by atoms with Gasteiger partial charge in [0.25, 0.3) is 0 Å². The second-order valence-electron chi connectivity index (χ2n) is 6.54. The van der Waals surface area contributed by atoms with Gasteiger partial charge in [-0.05, 0) is 49.4 Å². The molecule has 0 bridgehead atoms. The Hall–Kier alpha value is -3.75. The van der Waals surface area contributed by atoms with E-state index in [1.807, 2.05) is 37.3 Å². The zero-order valence-corrected chi connectivity index (χ0v) is 15.8. The lowest BCUT2D eigenvalue weighted by Gasteiger charge is -2.06. The number of benzene rings is 2. The second-order valence-corrected chi connectivity index (χ2v) is 6.54. The molecule has 6 nitrogen and oxygen atoms in total. The van der Waals surface area contributed by atoms with Crippen molar-refractivity contribution in [2.75, 3.05) is 5.32 Å². The molecule has 0 fully saturated rings. The summed E-state index contributed by atoms with van der Waals surface area (Å²) in [6.07, 6.45) is -2.67. The first-order chi connectivity index (χ1) is 14.4. The van der Waals surface area contributed by atoms with Crippen molar-refractivity contribution in [3.63, 3.8) is 0 Å². The number of aryl methyl sites for hydroxylation is 1. The number of rotatable bonds is 5. The number of aromatic nitrogens is 4. The first-order valence-corrected chi connectivity index (χ1v) is 9.03. The smallest absolute Gasteiger partial charge is 0.376 e. The molecular weight excluding hydrogens is 395 g/mol. The summed E-state index contributed by atoms with van der Waals surface area (Å²) in [5.41, 5.74) is 2.34. The van der Waals surface area contributed by atoms with Crippen molar-refractivity contribution in [2.45, 2.75) is 19.6 Å². The Labute approximate surface area is 169 Å². The molecule has 4 rings (SSSR count). The van der Waals surface area contributed by atoms with E-state index in [4.69, 9.17) is 4.52 Å². The molecule has 2 aromatic carbocycles. The maximum Gasteiger partial charge on any atom is 0.416 e. The van der Waals surface area contributed by atoms with E-state index in [-0.39, 0.29) is 12.4 Å². The van der Waals surface area contributed by atoms with Crippen LogP contribution in [0.5, 0.6) is 0 Å². The van der Waals surface area contributed by atoms with E-state index in [1.165, 1.54) is 12.1 Å². The molecule has 0 aliphatic carbocycles. The molecule has 0 aliphatic heterocycles. The third-order valence-corrected chi connectivity index (χ3v) is 4.32. The Morgan fingerprint density at radius 3 is 2.20 bits per heavy atom. The van der Waals surface area contributed by atoms with Crippen LogP contribution in [0.15, 0.2) is 65.3 Å². The van der Waals surface area contributed by atoms with Crippen LogP contribution in [0.25, 0.3) is 22.8 Å². The van der Waals surface area contributed by atoms with E-state index in [0.717, 1.165) is 29.1 Å². The van der Waals surface area contributed by atoms with E-state index in [9.17, 15) is 13.2 Å². The van der Waals surface area contributed by atoms with E-state index < -0.39 is 11.7 Å². The molecule has 9 heteroatoms. The summed E-state index contributed by atoms with van der Waals surface area (Å²) >= 11 is 0. The van der Waals surface area contributed by atoms with Gasteiger partial charge >= 0.3 is 6.18 Å². The Morgan fingerprint density at radius 1 is 0.867 bits per heavy atom. The molecule has 0 saturated carbocycles. The first kappa shape index (κ1) is 19.6. The molecule has 0 aliphatic rings. The lowest BCUT2D eigenvalue weighted by Crippen LogP contribution is -2.04. The molecule has 0 unspecified atom stereocenters. The fourth-order valence-corrected chi connectivity index (χ4v) is 2.76. The van der Waals surface area contributed by atoms with Crippen LogP contribution in [0.1, 0.15) is 17.1 Å². The average molecular weight is 411 g/mol. The summed E-state index contributed by atoms with van der Waals surface area (Å²) in [6, 6.07) is 14.0. The van der Waals surface area contributed by atoms with E-state index >= 15 is 0 Å². The van der Waals surface area contributed by atoms with Crippen LogP contribution in [-0.4, -0.2) is 20.1 Å². The third kappa shape index (κ3) is 4.45. The van der Waals surface area contributed by atoms with Gasteiger partial charge < -0.3 is 9.84 Å². The Morgan fingerprint density at radius 2 is 1.53 bits per heavy atom. The van der Waals surface area contributed by atoms with Crippen molar-refractivity contribution in [3.05, 3.63) is 77.9 Å². The minimum Gasteiger partial charge on any atom is -0.376 e. The maximum absolute atomic E-state index is 12.7. The van der Waals surface area contributed by atoms with Crippen LogP contribution in [-0.2, 0) is 12.7 Å². The number of nitrogens with one attached hydrogen (secondary N) is 1. The summed E-state index contributed by atoms with van der Waals surface area (Å²) in [4.78, 5) is 12.9. The van der Waals surface area contributed by atoms with Crippen molar-refractivity contribution in [1.29, 1.82) is 0 Å². The monoisotopic (exact) mass is 411 g/mol. The predicted molar refractivity (Wildman–Crippen MR) is 104 cm³/mol. The van der Waals surface area contributed by atoms with Crippen LogP contribution >= 0.6 is 0 Å². The lowest BCUT2D eigenvalue weighted by molar-refractivity contribution is -0.137. The highest BCUT2D eigenvalue weighted by Crippen LogP contribution is 2.30. The molecular formula is C21H16F3N5O. The van der Waals surface area contributed by atoms with Gasteiger partial charge in [-0.3, -0.25) is 0 Å². The Kier molecular flexibility index (Phi) is 5.18. The summed E-state index contributed by atoms with van der Waals surface area (Å²) in [7, 11) is 0. The number of hydrogen-bond donors (Lipinski definition) is 1. The van der Waals surface area contributed by atoms with Crippen LogP contribution < -0.4 is 5.32 Å². The topological polar surface area (TPSA) is 76.7 Å². The highest BCUT2D eigenvalue weighted by atomic mass is 19.4. The van der Waals surface area contributed by atoms with Crippen LogP contribution in [0.3, 0.4) is 0 Å². The SMILES string of the molecule is Cc1ccnc(-c2ccc(NCc3nc(-c4ccc(C(F)(F)F)cc4)no3)cc2)n1. The Balaban J connectivity index is 1.40. The van der Waals surface area contributed by atoms with Crippen molar-refractivity contribution < 1.29 is 17.7 Å². The van der Waals surface area contributed by atoms with Crippen molar-refractivity contribution in [1.82, 2.24) is 20.1 Å². The number of nitrogens with zero attached hydrogens (tertiary/aromatic N) is 4. The van der Waals surface area contributed by atoms with E-state index in [2.05, 4.69) is 25.4 Å². The van der Waals surface area contributed by atoms with Crippen molar-refractivity contribution >= 4 is 5.69 Å². The van der Waals surface area contributed by atoms with Gasteiger partial charge in [0.2, 0.25) is 11.7 Å². The van der Waals surface area contributed by atoms with Crippen molar-refractivity contribution in [2.24, 2.45) is 0 Å². The van der Waals surface area contributed by atoms with Gasteiger partial charge in [0.05, 0.1) is 12.1 Å². The molecule has 1 N–H and O–H groups in total. The van der Waals surface area contributed by atoms with Crippen LogP contribution in [0, 0.1) is 6.92 Å². The van der Waals surface area contributed by atoms with Gasteiger partial charge in [0.15, 0.2) is 5.82 Å². The quantitative estimate of drug-likeness (QED) is 0.490. The zero-order valence-electron chi connectivity index (χ0n) is 15.8. The highest BCUT2D eigenvalue weighted by Gasteiger charge is 2.30. The largest absolute Gasteiger partial charge is 0.416 e. The standard InChI is InChI=1S/C21H16F3N5O/c1-13-10-11-25-19(27-13)14-4-8-17(9-5-14)26-12-18-28-20(29-30-18)15-2-6-16(7-3-15)21(22,23)24/h2-11,26H,12H2,1H3. The fourth-order valence-electron chi connectivity index (χ4n) is 2.76. The van der Waals surface area contributed by atoms with Crippen LogP contribution in [0.2, 0.25) is 0 Å². The average Bonchev–Trinajstić information content (AvgIpc) is 3.21. The fraction of sp³-hybridized carbons (Fsp3) is 0.143. The lowest BCUT2D eigenvalue weighted by atomic mass is 10.1. The highest BCUT2D eigenvalue weighted by molar-refractivity contribution is 5.60. The normalized spacial score (nSPS) is 11.5.